The van der Waals surface area contributed by atoms with E-state index in [4.69, 9.17) is 14.2 Å². The van der Waals surface area contributed by atoms with E-state index in [1.807, 2.05) is 11.1 Å². The minimum Gasteiger partial charge on any atom is -0.493 e. The number of hydrazone groups is 1. The van der Waals surface area contributed by atoms with Crippen molar-refractivity contribution in [2.24, 2.45) is 5.10 Å². The van der Waals surface area contributed by atoms with Crippen molar-refractivity contribution >= 4 is 17.9 Å². The Morgan fingerprint density at radius 1 is 1.00 bits per heavy atom. The second kappa shape index (κ2) is 9.12. The fraction of sp³-hybridized carbons (Fsp3) is 0.333. The third-order valence-electron chi connectivity index (χ3n) is 4.48. The highest BCUT2D eigenvalue weighted by molar-refractivity contribution is 5.83. The third-order valence-corrected chi connectivity index (χ3v) is 4.48. The quantitative estimate of drug-likeness (QED) is 0.434. The van der Waals surface area contributed by atoms with Gasteiger partial charge in [0.1, 0.15) is 0 Å². The average molecular weight is 383 g/mol. The summed E-state index contributed by atoms with van der Waals surface area (Å²) >= 11 is 0. The molecular formula is C21H25N3O4. The van der Waals surface area contributed by atoms with Crippen molar-refractivity contribution in [2.45, 2.75) is 6.92 Å². The molecule has 1 fully saturated rings. The van der Waals surface area contributed by atoms with E-state index in [1.165, 1.54) is 26.8 Å². The molecule has 7 heteroatoms. The molecular weight excluding hydrogens is 358 g/mol. The van der Waals surface area contributed by atoms with Crippen molar-refractivity contribution in [3.63, 3.8) is 0 Å². The molecule has 1 aliphatic heterocycles. The Morgan fingerprint density at radius 2 is 1.61 bits per heavy atom. The van der Waals surface area contributed by atoms with Gasteiger partial charge in [0.15, 0.2) is 11.5 Å². The Bertz CT molecular complexity index is 806. The maximum Gasteiger partial charge on any atom is 0.308 e. The Balaban J connectivity index is 1.68. The topological polar surface area (TPSA) is 63.6 Å². The monoisotopic (exact) mass is 383 g/mol. The molecule has 7 nitrogen and oxygen atoms in total. The molecule has 3 rings (SSSR count). The number of methoxy groups -OCH3 is 2. The van der Waals surface area contributed by atoms with Gasteiger partial charge in [-0.2, -0.15) is 5.10 Å². The Kier molecular flexibility index (Phi) is 6.37. The minimum absolute atomic E-state index is 0.270. The molecule has 0 unspecified atom stereocenters. The van der Waals surface area contributed by atoms with Crippen LogP contribution in [0.5, 0.6) is 17.2 Å². The van der Waals surface area contributed by atoms with Gasteiger partial charge in [-0.3, -0.25) is 9.80 Å². The van der Waals surface area contributed by atoms with Crippen molar-refractivity contribution in [3.8, 4) is 17.2 Å². The number of piperazine rings is 1. The fourth-order valence-electron chi connectivity index (χ4n) is 3.08. The summed E-state index contributed by atoms with van der Waals surface area (Å²) in [6, 6.07) is 13.9. The van der Waals surface area contributed by atoms with Crippen molar-refractivity contribution in [3.05, 3.63) is 48.0 Å². The van der Waals surface area contributed by atoms with E-state index in [0.717, 1.165) is 31.7 Å². The lowest BCUT2D eigenvalue weighted by Crippen LogP contribution is -2.44. The SMILES string of the molecule is COc1cc(/C=N\N2CCN(c3ccccc3)CC2)cc(OC)c1OC(C)=O. The van der Waals surface area contributed by atoms with Gasteiger partial charge in [0.05, 0.1) is 33.5 Å². The molecule has 0 amide bonds. The number of hydrogen-bond acceptors (Lipinski definition) is 7. The van der Waals surface area contributed by atoms with Crippen LogP contribution in [0.4, 0.5) is 5.69 Å². The minimum atomic E-state index is -0.436. The van der Waals surface area contributed by atoms with Crippen molar-refractivity contribution in [2.75, 3.05) is 45.3 Å². The first kappa shape index (κ1) is 19.5. The van der Waals surface area contributed by atoms with Crippen LogP contribution in [-0.2, 0) is 4.79 Å². The van der Waals surface area contributed by atoms with E-state index in [1.54, 1.807) is 18.3 Å². The highest BCUT2D eigenvalue weighted by atomic mass is 16.6. The van der Waals surface area contributed by atoms with E-state index in [0.29, 0.717) is 11.5 Å². The van der Waals surface area contributed by atoms with Crippen molar-refractivity contribution in [1.29, 1.82) is 0 Å². The van der Waals surface area contributed by atoms with E-state index in [9.17, 15) is 4.79 Å². The first-order chi connectivity index (χ1) is 13.6. The lowest BCUT2D eigenvalue weighted by Gasteiger charge is -2.34. The maximum absolute atomic E-state index is 11.3. The number of para-hydroxylation sites is 1. The van der Waals surface area contributed by atoms with Crippen LogP contribution < -0.4 is 19.1 Å². The normalized spacial score (nSPS) is 14.2. The smallest absolute Gasteiger partial charge is 0.308 e. The van der Waals surface area contributed by atoms with Crippen LogP contribution in [0.15, 0.2) is 47.6 Å². The van der Waals surface area contributed by atoms with Gasteiger partial charge in [0.25, 0.3) is 0 Å². The molecule has 2 aromatic rings. The highest BCUT2D eigenvalue weighted by Gasteiger charge is 2.17. The lowest BCUT2D eigenvalue weighted by atomic mass is 10.2. The van der Waals surface area contributed by atoms with Crippen LogP contribution in [0.3, 0.4) is 0 Å². The van der Waals surface area contributed by atoms with Gasteiger partial charge in [-0.05, 0) is 24.3 Å². The predicted molar refractivity (Wildman–Crippen MR) is 109 cm³/mol. The summed E-state index contributed by atoms with van der Waals surface area (Å²) in [5.41, 5.74) is 2.04. The molecule has 0 radical (unpaired) electrons. The van der Waals surface area contributed by atoms with E-state index < -0.39 is 5.97 Å². The number of benzene rings is 2. The molecule has 1 saturated heterocycles. The molecule has 0 N–H and O–H groups in total. The fourth-order valence-corrected chi connectivity index (χ4v) is 3.08. The van der Waals surface area contributed by atoms with Crippen LogP contribution in [0.1, 0.15) is 12.5 Å². The number of anilines is 1. The molecule has 1 aliphatic rings. The highest BCUT2D eigenvalue weighted by Crippen LogP contribution is 2.38. The summed E-state index contributed by atoms with van der Waals surface area (Å²) in [4.78, 5) is 13.7. The second-order valence-corrected chi connectivity index (χ2v) is 6.37. The molecule has 0 aromatic heterocycles. The van der Waals surface area contributed by atoms with Gasteiger partial charge in [-0.15, -0.1) is 0 Å². The van der Waals surface area contributed by atoms with Crippen molar-refractivity contribution < 1.29 is 19.0 Å². The van der Waals surface area contributed by atoms with Gasteiger partial charge >= 0.3 is 5.97 Å². The third kappa shape index (κ3) is 4.73. The van der Waals surface area contributed by atoms with Crippen LogP contribution in [0, 0.1) is 0 Å². The molecule has 1 heterocycles. The van der Waals surface area contributed by atoms with Crippen LogP contribution in [0.2, 0.25) is 0 Å². The summed E-state index contributed by atoms with van der Waals surface area (Å²) in [7, 11) is 3.04. The summed E-state index contributed by atoms with van der Waals surface area (Å²) in [6.07, 6.45) is 1.76. The number of rotatable bonds is 6. The number of nitrogens with zero attached hydrogens (tertiary/aromatic N) is 3. The van der Waals surface area contributed by atoms with Gasteiger partial charge in [-0.25, -0.2) is 0 Å². The summed E-state index contributed by atoms with van der Waals surface area (Å²) in [5.74, 6) is 0.676. The van der Waals surface area contributed by atoms with Crippen molar-refractivity contribution in [1.82, 2.24) is 5.01 Å². The first-order valence-electron chi connectivity index (χ1n) is 9.14. The molecule has 28 heavy (non-hydrogen) atoms. The summed E-state index contributed by atoms with van der Waals surface area (Å²) < 4.78 is 15.9. The standard InChI is InChI=1S/C21H25N3O4/c1-16(25)28-21-19(26-2)13-17(14-20(21)27-3)15-22-24-11-9-23(10-12-24)18-7-5-4-6-8-18/h4-8,13-15H,9-12H2,1-3H3/b22-15-. The van der Waals surface area contributed by atoms with Gasteiger partial charge in [0, 0.05) is 31.3 Å². The zero-order valence-electron chi connectivity index (χ0n) is 16.4. The summed E-state index contributed by atoms with van der Waals surface area (Å²) in [6.45, 7) is 4.85. The largest absolute Gasteiger partial charge is 0.493 e. The van der Waals surface area contributed by atoms with Crippen LogP contribution in [-0.4, -0.2) is 57.6 Å². The molecule has 0 aliphatic carbocycles. The number of carbonyl (C=O) groups excluding carboxylic acids is 1. The summed E-state index contributed by atoms with van der Waals surface area (Å²) in [5, 5.41) is 6.63. The molecule has 2 aromatic carbocycles. The van der Waals surface area contributed by atoms with Gasteiger partial charge < -0.3 is 19.1 Å². The van der Waals surface area contributed by atoms with E-state index in [2.05, 4.69) is 34.3 Å². The maximum atomic E-state index is 11.3. The second-order valence-electron chi connectivity index (χ2n) is 6.37. The molecule has 0 saturated carbocycles. The lowest BCUT2D eigenvalue weighted by molar-refractivity contribution is -0.132. The predicted octanol–water partition coefficient (Wildman–Crippen LogP) is 2.79. The van der Waals surface area contributed by atoms with Gasteiger partial charge in [-0.1, -0.05) is 18.2 Å². The number of hydrogen-bond donors (Lipinski definition) is 0. The zero-order chi connectivity index (χ0) is 19.9. The Labute approximate surface area is 165 Å². The number of carbonyl (C=O) groups is 1. The van der Waals surface area contributed by atoms with E-state index in [-0.39, 0.29) is 5.75 Å². The van der Waals surface area contributed by atoms with Gasteiger partial charge in [0.2, 0.25) is 5.75 Å². The van der Waals surface area contributed by atoms with E-state index >= 15 is 0 Å². The Hall–Kier alpha value is -3.22. The van der Waals surface area contributed by atoms with Crippen LogP contribution in [0.25, 0.3) is 0 Å². The molecule has 148 valence electrons. The zero-order valence-corrected chi connectivity index (χ0v) is 16.4. The molecule has 0 spiro atoms. The number of ether oxygens (including phenoxy) is 3. The first-order valence-corrected chi connectivity index (χ1v) is 9.14. The number of esters is 1. The Morgan fingerprint density at radius 3 is 2.14 bits per heavy atom. The molecule has 0 bridgehead atoms. The average Bonchev–Trinajstić information content (AvgIpc) is 2.73. The van der Waals surface area contributed by atoms with Crippen LogP contribution >= 0.6 is 0 Å². The molecule has 0 atom stereocenters.